The van der Waals surface area contributed by atoms with Gasteiger partial charge in [-0.2, -0.15) is 13.2 Å². The first-order valence-corrected chi connectivity index (χ1v) is 9.63. The molecule has 1 atom stereocenters. The first-order chi connectivity index (χ1) is 13.2. The molecule has 0 amide bonds. The van der Waals surface area contributed by atoms with Crippen LogP contribution in [-0.4, -0.2) is 19.4 Å². The van der Waals surface area contributed by atoms with Gasteiger partial charge in [0.15, 0.2) is 0 Å². The molecular weight excluding hydrogens is 358 g/mol. The number of hydrogen-bond acceptors (Lipinski definition) is 1. The zero-order valence-corrected chi connectivity index (χ0v) is 16.5. The average Bonchev–Trinajstić information content (AvgIpc) is 2.63. The highest BCUT2D eigenvalue weighted by molar-refractivity contribution is 6.38. The summed E-state index contributed by atoms with van der Waals surface area (Å²) in [5, 5.41) is 3.14. The van der Waals surface area contributed by atoms with Gasteiger partial charge < -0.3 is 5.32 Å². The van der Waals surface area contributed by atoms with Gasteiger partial charge in [-0.05, 0) is 60.8 Å². The van der Waals surface area contributed by atoms with E-state index in [0.29, 0.717) is 5.70 Å². The van der Waals surface area contributed by atoms with E-state index < -0.39 is 12.6 Å². The molecule has 1 nitrogen and oxygen atoms in total. The third-order valence-electron chi connectivity index (χ3n) is 4.95. The van der Waals surface area contributed by atoms with E-state index in [1.54, 1.807) is 0 Å². The van der Waals surface area contributed by atoms with Gasteiger partial charge in [-0.3, -0.25) is 0 Å². The number of allylic oxidation sites excluding steroid dienone is 5. The van der Waals surface area contributed by atoms with Crippen LogP contribution in [0.25, 0.3) is 5.57 Å². The maximum absolute atomic E-state index is 12.4. The van der Waals surface area contributed by atoms with Gasteiger partial charge in [0, 0.05) is 12.1 Å². The molecule has 0 spiro atoms. The van der Waals surface area contributed by atoms with Crippen molar-refractivity contribution >= 4 is 12.9 Å². The lowest BCUT2D eigenvalue weighted by atomic mass is 9.57. The van der Waals surface area contributed by atoms with E-state index in [1.165, 1.54) is 16.7 Å². The molecule has 0 aromatic heterocycles. The lowest BCUT2D eigenvalue weighted by molar-refractivity contribution is -0.134. The lowest BCUT2D eigenvalue weighted by Crippen LogP contribution is -2.40. The third-order valence-corrected chi connectivity index (χ3v) is 4.95. The molecule has 0 saturated heterocycles. The first kappa shape index (κ1) is 22.1. The van der Waals surface area contributed by atoms with Gasteiger partial charge in [-0.1, -0.05) is 62.0 Å². The lowest BCUT2D eigenvalue weighted by Gasteiger charge is -2.28. The molecule has 1 N–H and O–H groups in total. The van der Waals surface area contributed by atoms with Gasteiger partial charge in [0.05, 0.1) is 0 Å². The third kappa shape index (κ3) is 6.77. The minimum absolute atomic E-state index is 0.00576. The van der Waals surface area contributed by atoms with Gasteiger partial charge in [-0.15, -0.1) is 0 Å². The smallest absolute Gasteiger partial charge is 0.389 e. The Morgan fingerprint density at radius 2 is 1.96 bits per heavy atom. The molecule has 1 radical (unpaired) electrons. The van der Waals surface area contributed by atoms with Gasteiger partial charge in [-0.25, -0.2) is 0 Å². The minimum atomic E-state index is -4.15. The summed E-state index contributed by atoms with van der Waals surface area (Å²) in [4.78, 5) is 0. The van der Waals surface area contributed by atoms with Crippen LogP contribution in [0.15, 0.2) is 61.4 Å². The van der Waals surface area contributed by atoms with Crippen molar-refractivity contribution in [3.8, 4) is 0 Å². The van der Waals surface area contributed by atoms with Crippen LogP contribution in [0.1, 0.15) is 49.3 Å². The van der Waals surface area contributed by atoms with E-state index >= 15 is 0 Å². The molecule has 5 heteroatoms. The quantitative estimate of drug-likeness (QED) is 0.397. The van der Waals surface area contributed by atoms with Crippen LogP contribution in [0.4, 0.5) is 13.2 Å². The van der Waals surface area contributed by atoms with Crippen molar-refractivity contribution in [3.05, 3.63) is 78.0 Å². The van der Waals surface area contributed by atoms with Crippen molar-refractivity contribution in [3.63, 3.8) is 0 Å². The van der Waals surface area contributed by atoms with E-state index in [0.717, 1.165) is 36.7 Å². The Hall–Kier alpha value is -2.17. The highest BCUT2D eigenvalue weighted by Gasteiger charge is 2.27. The molecule has 1 aliphatic rings. The number of halogens is 3. The number of alkyl halides is 3. The van der Waals surface area contributed by atoms with Crippen molar-refractivity contribution in [2.45, 2.75) is 57.5 Å². The van der Waals surface area contributed by atoms with Gasteiger partial charge in [0.1, 0.15) is 7.28 Å². The summed E-state index contributed by atoms with van der Waals surface area (Å²) >= 11 is 0. The van der Waals surface area contributed by atoms with Crippen molar-refractivity contribution in [1.82, 2.24) is 5.32 Å². The first-order valence-electron chi connectivity index (χ1n) is 9.63. The van der Waals surface area contributed by atoms with Crippen molar-refractivity contribution in [2.75, 3.05) is 0 Å². The fraction of sp³-hybridized carbons (Fsp3) is 0.391. The second-order valence-corrected chi connectivity index (χ2v) is 7.32. The number of nitrogens with one attached hydrogen (secondary N) is 1. The Bertz CT molecular complexity index is 762. The highest BCUT2D eigenvalue weighted by atomic mass is 19.4. The van der Waals surface area contributed by atoms with Crippen LogP contribution in [0.3, 0.4) is 0 Å². The van der Waals surface area contributed by atoms with Crippen LogP contribution in [0.5, 0.6) is 0 Å². The molecular formula is C23H28BF3N. The molecule has 1 aromatic carbocycles. The standard InChI is InChI=1S/C23H28BF3N/c1-5-7-16(2)10-11-17(3)20-9-6-8-19-14-22(24-15-21(19)20)28-18(4)12-13-23(25,26)27/h5-9,22,28H,2-4,10-15H2,1H3/b7-5-. The molecule has 1 unspecified atom stereocenters. The predicted octanol–water partition coefficient (Wildman–Crippen LogP) is 6.14. The summed E-state index contributed by atoms with van der Waals surface area (Å²) in [6.45, 7) is 14.0. The molecule has 1 aromatic rings. The van der Waals surface area contributed by atoms with Crippen molar-refractivity contribution in [1.29, 1.82) is 0 Å². The number of rotatable bonds is 9. The summed E-state index contributed by atoms with van der Waals surface area (Å²) in [7, 11) is 2.12. The van der Waals surface area contributed by atoms with Crippen LogP contribution in [0.2, 0.25) is 0 Å². The van der Waals surface area contributed by atoms with Crippen LogP contribution >= 0.6 is 0 Å². The SMILES string of the molecule is C=C(/C=C\C)CCC(=C)c1cccc2c1C[B]C(NC(=C)CCC(F)(F)F)C2. The van der Waals surface area contributed by atoms with Gasteiger partial charge in [0.25, 0.3) is 0 Å². The largest absolute Gasteiger partial charge is 0.394 e. The topological polar surface area (TPSA) is 12.0 Å². The fourth-order valence-corrected chi connectivity index (χ4v) is 3.48. The summed E-state index contributed by atoms with van der Waals surface area (Å²) < 4.78 is 37.1. The Kier molecular flexibility index (Phi) is 7.79. The summed E-state index contributed by atoms with van der Waals surface area (Å²) in [5.74, 6) is 0.00576. The zero-order chi connectivity index (χ0) is 20.7. The summed E-state index contributed by atoms with van der Waals surface area (Å²) in [5.41, 5.74) is 6.28. The van der Waals surface area contributed by atoms with Crippen molar-refractivity contribution < 1.29 is 13.2 Å². The predicted molar refractivity (Wildman–Crippen MR) is 113 cm³/mol. The monoisotopic (exact) mass is 386 g/mol. The number of benzene rings is 1. The van der Waals surface area contributed by atoms with E-state index in [2.05, 4.69) is 44.5 Å². The Morgan fingerprint density at radius 1 is 1.21 bits per heavy atom. The highest BCUT2D eigenvalue weighted by Crippen LogP contribution is 2.29. The summed E-state index contributed by atoms with van der Waals surface area (Å²) in [6, 6.07) is 6.22. The Labute approximate surface area is 167 Å². The molecule has 28 heavy (non-hydrogen) atoms. The number of hydrogen-bond donors (Lipinski definition) is 1. The molecule has 0 fully saturated rings. The fourth-order valence-electron chi connectivity index (χ4n) is 3.48. The van der Waals surface area contributed by atoms with Crippen molar-refractivity contribution in [2.24, 2.45) is 0 Å². The molecule has 149 valence electrons. The maximum Gasteiger partial charge on any atom is 0.389 e. The second kappa shape index (κ2) is 9.86. The molecule has 1 aliphatic heterocycles. The minimum Gasteiger partial charge on any atom is -0.394 e. The molecule has 0 bridgehead atoms. The van der Waals surface area contributed by atoms with Crippen LogP contribution < -0.4 is 5.32 Å². The molecule has 0 saturated carbocycles. The zero-order valence-electron chi connectivity index (χ0n) is 16.5. The second-order valence-electron chi connectivity index (χ2n) is 7.32. The molecule has 2 rings (SSSR count). The summed E-state index contributed by atoms with van der Waals surface area (Å²) in [6.07, 6.45) is 2.16. The van der Waals surface area contributed by atoms with Crippen LogP contribution in [-0.2, 0) is 12.7 Å². The maximum atomic E-state index is 12.4. The van der Waals surface area contributed by atoms with E-state index in [-0.39, 0.29) is 12.4 Å². The Balaban J connectivity index is 1.97. The van der Waals surface area contributed by atoms with Crippen LogP contribution in [0, 0.1) is 0 Å². The van der Waals surface area contributed by atoms with Gasteiger partial charge in [0.2, 0.25) is 0 Å². The molecule has 1 heterocycles. The number of fused-ring (bicyclic) bond motifs is 1. The van der Waals surface area contributed by atoms with E-state index in [4.69, 9.17) is 0 Å². The van der Waals surface area contributed by atoms with E-state index in [1.807, 2.05) is 25.1 Å². The molecule has 0 aliphatic carbocycles. The normalized spacial score (nSPS) is 16.4. The van der Waals surface area contributed by atoms with Gasteiger partial charge >= 0.3 is 6.18 Å². The Morgan fingerprint density at radius 3 is 2.64 bits per heavy atom. The van der Waals surface area contributed by atoms with E-state index in [9.17, 15) is 13.2 Å². The average molecular weight is 386 g/mol.